The Balaban J connectivity index is 2.17. The number of rotatable bonds is 5. The smallest absolute Gasteiger partial charge is 0.254 e. The molecule has 2 rings (SSSR count). The van der Waals surface area contributed by atoms with Crippen molar-refractivity contribution in [3.05, 3.63) is 54.4 Å². The molecule has 7 nitrogen and oxygen atoms in total. The van der Waals surface area contributed by atoms with Crippen molar-refractivity contribution >= 4 is 56.4 Å². The highest BCUT2D eigenvalue weighted by molar-refractivity contribution is 7.89. The lowest BCUT2D eigenvalue weighted by Gasteiger charge is -2.27. The number of pyridine rings is 1. The number of hydrogen-bond acceptors (Lipinski definition) is 5. The van der Waals surface area contributed by atoms with Gasteiger partial charge in [-0.3, -0.25) is 9.78 Å². The van der Waals surface area contributed by atoms with Gasteiger partial charge in [0.25, 0.3) is 5.91 Å². The normalized spacial score (nSPS) is 13.1. The van der Waals surface area contributed by atoms with Gasteiger partial charge in [-0.1, -0.05) is 34.8 Å². The molecule has 1 aromatic carbocycles. The number of carbonyl (C=O) groups is 1. The lowest BCUT2D eigenvalue weighted by Crippen LogP contribution is -2.49. The predicted octanol–water partition coefficient (Wildman–Crippen LogP) is 2.27. The molecule has 0 spiro atoms. The Kier molecular flexibility index (Phi) is 6.12. The van der Waals surface area contributed by atoms with Crippen LogP contribution in [0.3, 0.4) is 0 Å². The summed E-state index contributed by atoms with van der Waals surface area (Å²) in [5, 5.41) is 10.4. The molecule has 134 valence electrons. The lowest BCUT2D eigenvalue weighted by atomic mass is 10.2. The van der Waals surface area contributed by atoms with Gasteiger partial charge in [-0.15, -0.1) is 0 Å². The highest BCUT2D eigenvalue weighted by Gasteiger charge is 2.34. The van der Waals surface area contributed by atoms with Gasteiger partial charge in [0.05, 0.1) is 10.5 Å². The Morgan fingerprint density at radius 1 is 1.16 bits per heavy atom. The van der Waals surface area contributed by atoms with Crippen molar-refractivity contribution in [3.63, 3.8) is 0 Å². The van der Waals surface area contributed by atoms with Gasteiger partial charge in [-0.05, 0) is 36.4 Å². The minimum atomic E-state index is -3.81. The van der Waals surface area contributed by atoms with E-state index < -0.39 is 25.9 Å². The minimum Gasteiger partial charge on any atom is -0.362 e. The zero-order chi connectivity index (χ0) is 18.7. The first kappa shape index (κ1) is 19.7. The van der Waals surface area contributed by atoms with Crippen LogP contribution in [0.4, 0.5) is 5.69 Å². The van der Waals surface area contributed by atoms with E-state index in [0.717, 1.165) is 0 Å². The fraction of sp³-hybridized carbons (Fsp3) is 0.143. The molecule has 0 fully saturated rings. The molecule has 0 aliphatic rings. The van der Waals surface area contributed by atoms with Crippen LogP contribution >= 0.6 is 34.8 Å². The number of aromatic nitrogens is 1. The maximum Gasteiger partial charge on any atom is 0.254 e. The van der Waals surface area contributed by atoms with Gasteiger partial charge in [0.15, 0.2) is 0 Å². The molecule has 1 aromatic heterocycles. The topological polar surface area (TPSA) is 114 Å². The molecule has 1 heterocycles. The Morgan fingerprint density at radius 2 is 1.80 bits per heavy atom. The van der Waals surface area contributed by atoms with Crippen molar-refractivity contribution in [2.75, 3.05) is 5.32 Å². The molecule has 0 radical (unpaired) electrons. The van der Waals surface area contributed by atoms with Crippen LogP contribution < -0.4 is 15.8 Å². The third-order valence-corrected chi connectivity index (χ3v) is 4.60. The van der Waals surface area contributed by atoms with E-state index in [9.17, 15) is 13.2 Å². The van der Waals surface area contributed by atoms with Gasteiger partial charge >= 0.3 is 0 Å². The van der Waals surface area contributed by atoms with Crippen molar-refractivity contribution in [1.82, 2.24) is 10.3 Å². The second-order valence-corrected chi connectivity index (χ2v) is 8.83. The fourth-order valence-corrected chi connectivity index (χ4v) is 2.66. The maximum absolute atomic E-state index is 12.2. The zero-order valence-electron chi connectivity index (χ0n) is 12.5. The van der Waals surface area contributed by atoms with Crippen LogP contribution in [0.2, 0.25) is 0 Å². The summed E-state index contributed by atoms with van der Waals surface area (Å²) in [5.74, 6) is -0.502. The van der Waals surface area contributed by atoms with E-state index in [4.69, 9.17) is 39.9 Å². The van der Waals surface area contributed by atoms with E-state index in [1.54, 1.807) is 12.1 Å². The molecule has 0 saturated heterocycles. The summed E-state index contributed by atoms with van der Waals surface area (Å²) in [6.45, 7) is 0. The molecule has 0 bridgehead atoms. The monoisotopic (exact) mass is 422 g/mol. The van der Waals surface area contributed by atoms with Crippen molar-refractivity contribution in [2.24, 2.45) is 5.14 Å². The van der Waals surface area contributed by atoms with Crippen molar-refractivity contribution in [1.29, 1.82) is 0 Å². The largest absolute Gasteiger partial charge is 0.362 e. The van der Waals surface area contributed by atoms with E-state index in [-0.39, 0.29) is 10.5 Å². The summed E-state index contributed by atoms with van der Waals surface area (Å²) in [5.41, 5.74) is 0.698. The SMILES string of the molecule is NS(=O)(=O)c1ccc(N[C@@H](NC(=O)c2cccnc2)C(Cl)(Cl)Cl)cc1. The quantitative estimate of drug-likeness (QED) is 0.504. The second kappa shape index (κ2) is 7.76. The van der Waals surface area contributed by atoms with Gasteiger partial charge in [-0.25, -0.2) is 13.6 Å². The van der Waals surface area contributed by atoms with E-state index >= 15 is 0 Å². The first-order valence-electron chi connectivity index (χ1n) is 6.74. The number of carbonyl (C=O) groups excluding carboxylic acids is 1. The van der Waals surface area contributed by atoms with Crippen molar-refractivity contribution < 1.29 is 13.2 Å². The van der Waals surface area contributed by atoms with Crippen LogP contribution in [0.5, 0.6) is 0 Å². The maximum atomic E-state index is 12.2. The second-order valence-electron chi connectivity index (χ2n) is 4.90. The predicted molar refractivity (Wildman–Crippen MR) is 97.2 cm³/mol. The average molecular weight is 424 g/mol. The number of alkyl halides is 3. The van der Waals surface area contributed by atoms with Crippen LogP contribution in [-0.2, 0) is 10.0 Å². The molecule has 4 N–H and O–H groups in total. The molecular formula is C14H13Cl3N4O3S. The first-order valence-corrected chi connectivity index (χ1v) is 9.42. The summed E-state index contributed by atoms with van der Waals surface area (Å²) < 4.78 is 20.6. The van der Waals surface area contributed by atoms with Crippen LogP contribution in [0.15, 0.2) is 53.7 Å². The van der Waals surface area contributed by atoms with Crippen molar-refractivity contribution in [2.45, 2.75) is 14.9 Å². The number of benzene rings is 1. The molecular weight excluding hydrogens is 411 g/mol. The number of primary sulfonamides is 1. The summed E-state index contributed by atoms with van der Waals surface area (Å²) >= 11 is 17.7. The van der Waals surface area contributed by atoms with Gasteiger partial charge < -0.3 is 10.6 Å². The van der Waals surface area contributed by atoms with Gasteiger partial charge in [-0.2, -0.15) is 0 Å². The summed E-state index contributed by atoms with van der Waals surface area (Å²) in [7, 11) is -3.81. The van der Waals surface area contributed by atoms with Crippen molar-refractivity contribution in [3.8, 4) is 0 Å². The fourth-order valence-electron chi connectivity index (χ4n) is 1.82. The number of amides is 1. The van der Waals surface area contributed by atoms with Crippen LogP contribution in [-0.4, -0.2) is 29.3 Å². The third kappa shape index (κ3) is 5.72. The average Bonchev–Trinajstić information content (AvgIpc) is 2.54. The van der Waals surface area contributed by atoms with Crippen LogP contribution in [0, 0.1) is 0 Å². The molecule has 0 unspecified atom stereocenters. The van der Waals surface area contributed by atoms with Crippen LogP contribution in [0.25, 0.3) is 0 Å². The molecule has 25 heavy (non-hydrogen) atoms. The lowest BCUT2D eigenvalue weighted by molar-refractivity contribution is 0.0941. The molecule has 0 aliphatic heterocycles. The Hall–Kier alpha value is -1.58. The van der Waals surface area contributed by atoms with E-state index in [0.29, 0.717) is 5.69 Å². The highest BCUT2D eigenvalue weighted by atomic mass is 35.6. The molecule has 1 amide bonds. The van der Waals surface area contributed by atoms with Gasteiger partial charge in [0.2, 0.25) is 13.8 Å². The minimum absolute atomic E-state index is 0.0668. The van der Waals surface area contributed by atoms with E-state index in [1.165, 1.54) is 36.7 Å². The first-order chi connectivity index (χ1) is 11.6. The zero-order valence-corrected chi connectivity index (χ0v) is 15.6. The molecule has 1 atom stereocenters. The number of sulfonamides is 1. The van der Waals surface area contributed by atoms with Gasteiger partial charge in [0.1, 0.15) is 6.17 Å². The number of nitrogens with two attached hydrogens (primary N) is 1. The Morgan fingerprint density at radius 3 is 2.28 bits per heavy atom. The molecule has 0 aliphatic carbocycles. The van der Waals surface area contributed by atoms with Gasteiger partial charge in [0, 0.05) is 18.1 Å². The molecule has 11 heteroatoms. The number of anilines is 1. The van der Waals surface area contributed by atoms with E-state index in [2.05, 4.69) is 15.6 Å². The Labute approximate surface area is 159 Å². The third-order valence-electron chi connectivity index (χ3n) is 3.02. The highest BCUT2D eigenvalue weighted by Crippen LogP contribution is 2.31. The summed E-state index contributed by atoms with van der Waals surface area (Å²) in [4.78, 5) is 16.0. The number of hydrogen-bond donors (Lipinski definition) is 3. The molecule has 0 saturated carbocycles. The summed E-state index contributed by atoms with van der Waals surface area (Å²) in [6, 6.07) is 8.59. The summed E-state index contributed by atoms with van der Waals surface area (Å²) in [6.07, 6.45) is 1.80. The molecule has 2 aromatic rings. The standard InChI is InChI=1S/C14H13Cl3N4O3S/c15-14(16,17)13(21-12(22)9-2-1-7-19-8-9)20-10-3-5-11(6-4-10)25(18,23)24/h1-8,13,20H,(H,21,22)(H2,18,23,24)/t13-/m0/s1. The number of nitrogens with zero attached hydrogens (tertiary/aromatic N) is 1. The van der Waals surface area contributed by atoms with E-state index in [1.807, 2.05) is 0 Å². The van der Waals surface area contributed by atoms with Crippen LogP contribution in [0.1, 0.15) is 10.4 Å². The number of nitrogens with one attached hydrogen (secondary N) is 2. The Bertz CT molecular complexity index is 840. The number of halogens is 3.